The summed E-state index contributed by atoms with van der Waals surface area (Å²) in [4.78, 5) is 15.0. The van der Waals surface area contributed by atoms with Gasteiger partial charge in [-0.15, -0.1) is 0 Å². The fourth-order valence-electron chi connectivity index (χ4n) is 4.92. The third-order valence-corrected chi connectivity index (χ3v) is 6.27. The van der Waals surface area contributed by atoms with Crippen molar-refractivity contribution in [3.05, 3.63) is 35.9 Å². The van der Waals surface area contributed by atoms with E-state index in [2.05, 4.69) is 40.5 Å². The lowest BCUT2D eigenvalue weighted by Gasteiger charge is -2.32. The Morgan fingerprint density at radius 1 is 1.04 bits per heavy atom. The van der Waals surface area contributed by atoms with E-state index in [1.807, 2.05) is 0 Å². The van der Waals surface area contributed by atoms with Crippen LogP contribution in [0.3, 0.4) is 0 Å². The van der Waals surface area contributed by atoms with Gasteiger partial charge >= 0.3 is 0 Å². The number of amides is 1. The van der Waals surface area contributed by atoms with Crippen LogP contribution in [-0.4, -0.2) is 29.9 Å². The molecule has 0 radical (unpaired) electrons. The minimum absolute atomic E-state index is 0.237. The van der Waals surface area contributed by atoms with Crippen LogP contribution in [0.1, 0.15) is 44.1 Å². The minimum Gasteiger partial charge on any atom is -0.353 e. The van der Waals surface area contributed by atoms with E-state index < -0.39 is 0 Å². The summed E-state index contributed by atoms with van der Waals surface area (Å²) in [6.45, 7) is 3.11. The predicted octanol–water partition coefficient (Wildman–Crippen LogP) is 3.20. The molecule has 4 rings (SSSR count). The van der Waals surface area contributed by atoms with Crippen molar-refractivity contribution in [2.75, 3.05) is 13.1 Å². The Hall–Kier alpha value is -1.35. The predicted molar refractivity (Wildman–Crippen MR) is 91.8 cm³/mol. The highest BCUT2D eigenvalue weighted by Gasteiger charge is 2.40. The van der Waals surface area contributed by atoms with Crippen molar-refractivity contribution in [2.24, 2.45) is 17.8 Å². The zero-order valence-electron chi connectivity index (χ0n) is 13.9. The zero-order chi connectivity index (χ0) is 15.6. The molecule has 1 amide bonds. The molecule has 3 nitrogen and oxygen atoms in total. The average Bonchev–Trinajstić information content (AvgIpc) is 3.19. The van der Waals surface area contributed by atoms with Gasteiger partial charge in [-0.25, -0.2) is 0 Å². The second kappa shape index (κ2) is 6.64. The molecule has 1 N–H and O–H groups in total. The van der Waals surface area contributed by atoms with Crippen LogP contribution < -0.4 is 5.32 Å². The van der Waals surface area contributed by atoms with Crippen molar-refractivity contribution in [1.29, 1.82) is 0 Å². The molecule has 3 fully saturated rings. The van der Waals surface area contributed by atoms with Crippen LogP contribution in [0.4, 0.5) is 0 Å². The molecule has 0 spiro atoms. The van der Waals surface area contributed by atoms with E-state index in [0.717, 1.165) is 44.3 Å². The molecule has 3 heteroatoms. The average molecular weight is 312 g/mol. The first-order chi connectivity index (χ1) is 11.3. The number of piperidine rings is 1. The highest BCUT2D eigenvalue weighted by Crippen LogP contribution is 2.44. The first kappa shape index (κ1) is 15.2. The fraction of sp³-hybridized carbons (Fsp3) is 0.650. The summed E-state index contributed by atoms with van der Waals surface area (Å²) in [5.74, 6) is 2.25. The summed E-state index contributed by atoms with van der Waals surface area (Å²) in [5, 5.41) is 3.39. The van der Waals surface area contributed by atoms with Crippen molar-refractivity contribution in [2.45, 2.75) is 51.1 Å². The maximum absolute atomic E-state index is 12.6. The van der Waals surface area contributed by atoms with E-state index in [4.69, 9.17) is 0 Å². The Bertz CT molecular complexity index is 536. The van der Waals surface area contributed by atoms with E-state index in [1.54, 1.807) is 0 Å². The number of rotatable bonds is 4. The van der Waals surface area contributed by atoms with Crippen molar-refractivity contribution in [3.8, 4) is 0 Å². The third-order valence-electron chi connectivity index (χ3n) is 6.27. The largest absolute Gasteiger partial charge is 0.353 e. The number of benzene rings is 1. The Kier molecular flexibility index (Phi) is 4.39. The maximum atomic E-state index is 12.6. The molecule has 1 heterocycles. The van der Waals surface area contributed by atoms with E-state index in [-0.39, 0.29) is 5.92 Å². The van der Waals surface area contributed by atoms with Crippen LogP contribution in [0.15, 0.2) is 30.3 Å². The van der Waals surface area contributed by atoms with Gasteiger partial charge in [0, 0.05) is 18.5 Å². The molecule has 2 aliphatic carbocycles. The van der Waals surface area contributed by atoms with Crippen molar-refractivity contribution >= 4 is 5.91 Å². The molecular formula is C20H28N2O. The zero-order valence-corrected chi connectivity index (χ0v) is 13.9. The quantitative estimate of drug-likeness (QED) is 0.926. The second-order valence-corrected chi connectivity index (χ2v) is 7.83. The number of hydrogen-bond acceptors (Lipinski definition) is 2. The first-order valence-corrected chi connectivity index (χ1v) is 9.34. The number of nitrogens with zero attached hydrogens (tertiary/aromatic N) is 1. The van der Waals surface area contributed by atoms with Gasteiger partial charge in [0.25, 0.3) is 0 Å². The standard InChI is InChI=1S/C20H28N2O/c23-20(21-19-13-16-6-7-18(19)12-16)17-8-10-22(11-9-17)14-15-4-2-1-3-5-15/h1-5,16-19H,6-14H2,(H,21,23)/t16-,18-,19+/m1/s1. The van der Waals surface area contributed by atoms with Gasteiger partial charge in [-0.2, -0.15) is 0 Å². The van der Waals surface area contributed by atoms with Gasteiger partial charge in [0.2, 0.25) is 5.91 Å². The smallest absolute Gasteiger partial charge is 0.223 e. The molecule has 23 heavy (non-hydrogen) atoms. The Labute approximate surface area is 139 Å². The fourth-order valence-corrected chi connectivity index (χ4v) is 4.92. The lowest BCUT2D eigenvalue weighted by atomic mass is 9.92. The SMILES string of the molecule is O=C(N[C@H]1C[C@@H]2CC[C@@H]1C2)C1CCN(Cc2ccccc2)CC1. The number of nitrogens with one attached hydrogen (secondary N) is 1. The number of carbonyl (C=O) groups is 1. The van der Waals surface area contributed by atoms with Gasteiger partial charge in [0.05, 0.1) is 0 Å². The summed E-state index contributed by atoms with van der Waals surface area (Å²) in [7, 11) is 0. The van der Waals surface area contributed by atoms with Crippen LogP contribution >= 0.6 is 0 Å². The molecule has 3 atom stereocenters. The van der Waals surface area contributed by atoms with Crippen LogP contribution in [-0.2, 0) is 11.3 Å². The molecule has 2 saturated carbocycles. The lowest BCUT2D eigenvalue weighted by molar-refractivity contribution is -0.127. The number of fused-ring (bicyclic) bond motifs is 2. The topological polar surface area (TPSA) is 32.3 Å². The molecule has 1 aliphatic heterocycles. The molecule has 3 aliphatic rings. The Morgan fingerprint density at radius 2 is 1.83 bits per heavy atom. The van der Waals surface area contributed by atoms with Crippen LogP contribution in [0.5, 0.6) is 0 Å². The van der Waals surface area contributed by atoms with Crippen LogP contribution in [0, 0.1) is 17.8 Å². The number of hydrogen-bond donors (Lipinski definition) is 1. The Morgan fingerprint density at radius 3 is 2.48 bits per heavy atom. The highest BCUT2D eigenvalue weighted by atomic mass is 16.2. The number of likely N-dealkylation sites (tertiary alicyclic amines) is 1. The Balaban J connectivity index is 1.24. The lowest BCUT2D eigenvalue weighted by Crippen LogP contribution is -2.45. The minimum atomic E-state index is 0.237. The normalized spacial score (nSPS) is 31.4. The molecule has 1 aromatic rings. The van der Waals surface area contributed by atoms with E-state index >= 15 is 0 Å². The molecule has 0 unspecified atom stereocenters. The summed E-state index contributed by atoms with van der Waals surface area (Å²) in [5.41, 5.74) is 1.37. The van der Waals surface area contributed by atoms with Crippen molar-refractivity contribution < 1.29 is 4.79 Å². The summed E-state index contributed by atoms with van der Waals surface area (Å²) < 4.78 is 0. The van der Waals surface area contributed by atoms with E-state index in [0.29, 0.717) is 11.9 Å². The van der Waals surface area contributed by atoms with Crippen LogP contribution in [0.25, 0.3) is 0 Å². The highest BCUT2D eigenvalue weighted by molar-refractivity contribution is 5.79. The second-order valence-electron chi connectivity index (χ2n) is 7.83. The van der Waals surface area contributed by atoms with Gasteiger partial charge in [0.15, 0.2) is 0 Å². The van der Waals surface area contributed by atoms with Gasteiger partial charge < -0.3 is 5.32 Å². The molecule has 0 aromatic heterocycles. The molecule has 1 saturated heterocycles. The van der Waals surface area contributed by atoms with Gasteiger partial charge in [-0.05, 0) is 62.6 Å². The summed E-state index contributed by atoms with van der Waals surface area (Å²) >= 11 is 0. The van der Waals surface area contributed by atoms with Crippen molar-refractivity contribution in [3.63, 3.8) is 0 Å². The molecule has 124 valence electrons. The van der Waals surface area contributed by atoms with E-state index in [9.17, 15) is 4.79 Å². The maximum Gasteiger partial charge on any atom is 0.223 e. The van der Waals surface area contributed by atoms with Gasteiger partial charge in [-0.1, -0.05) is 36.8 Å². The molecule has 2 bridgehead atoms. The van der Waals surface area contributed by atoms with Gasteiger partial charge in [0.1, 0.15) is 0 Å². The summed E-state index contributed by atoms with van der Waals surface area (Å²) in [6.07, 6.45) is 7.36. The number of carbonyl (C=O) groups excluding carboxylic acids is 1. The first-order valence-electron chi connectivity index (χ1n) is 9.34. The third kappa shape index (κ3) is 3.45. The monoisotopic (exact) mass is 312 g/mol. The summed E-state index contributed by atoms with van der Waals surface area (Å²) in [6, 6.07) is 11.1. The van der Waals surface area contributed by atoms with Gasteiger partial charge in [-0.3, -0.25) is 9.69 Å². The van der Waals surface area contributed by atoms with Crippen LogP contribution in [0.2, 0.25) is 0 Å². The molecular weight excluding hydrogens is 284 g/mol. The van der Waals surface area contributed by atoms with E-state index in [1.165, 1.54) is 31.2 Å². The molecule has 1 aromatic carbocycles. The van der Waals surface area contributed by atoms with Crippen molar-refractivity contribution in [1.82, 2.24) is 10.2 Å².